The fraction of sp³-hybridized carbons (Fsp3) is 0.125. The molecular formula is C16H13F2N5O. The first kappa shape index (κ1) is 15.7. The van der Waals surface area contributed by atoms with Crippen molar-refractivity contribution in [1.82, 2.24) is 20.2 Å². The third-order valence-corrected chi connectivity index (χ3v) is 3.42. The van der Waals surface area contributed by atoms with E-state index in [-0.39, 0.29) is 24.3 Å². The lowest BCUT2D eigenvalue weighted by Crippen LogP contribution is -2.14. The first-order chi connectivity index (χ1) is 11.6. The van der Waals surface area contributed by atoms with Gasteiger partial charge in [0.2, 0.25) is 5.91 Å². The average molecular weight is 329 g/mol. The second-order valence-corrected chi connectivity index (χ2v) is 5.06. The Morgan fingerprint density at radius 3 is 2.71 bits per heavy atom. The molecule has 0 saturated carbocycles. The van der Waals surface area contributed by atoms with Crippen LogP contribution in [-0.2, 0) is 11.2 Å². The van der Waals surface area contributed by atoms with E-state index in [9.17, 15) is 13.6 Å². The van der Waals surface area contributed by atoms with Gasteiger partial charge in [-0.05, 0) is 46.7 Å². The quantitative estimate of drug-likeness (QED) is 0.781. The van der Waals surface area contributed by atoms with Crippen molar-refractivity contribution in [2.24, 2.45) is 0 Å². The van der Waals surface area contributed by atoms with Crippen LogP contribution in [0.2, 0.25) is 0 Å². The molecule has 0 fully saturated rings. The minimum atomic E-state index is -0.578. The molecule has 0 aliphatic carbocycles. The fourth-order valence-corrected chi connectivity index (χ4v) is 2.19. The number of halogens is 2. The minimum absolute atomic E-state index is 0.0153. The lowest BCUT2D eigenvalue weighted by atomic mass is 10.1. The molecule has 0 saturated heterocycles. The van der Waals surface area contributed by atoms with Gasteiger partial charge in [0.1, 0.15) is 18.0 Å². The van der Waals surface area contributed by atoms with Crippen LogP contribution < -0.4 is 5.32 Å². The molecule has 0 atom stereocenters. The molecule has 3 aromatic rings. The van der Waals surface area contributed by atoms with Gasteiger partial charge in [-0.2, -0.15) is 0 Å². The van der Waals surface area contributed by atoms with Crippen LogP contribution in [0.1, 0.15) is 12.0 Å². The van der Waals surface area contributed by atoms with Gasteiger partial charge in [0.15, 0.2) is 0 Å². The summed E-state index contributed by atoms with van der Waals surface area (Å²) in [6.07, 6.45) is 1.62. The molecule has 3 rings (SSSR count). The Morgan fingerprint density at radius 2 is 1.96 bits per heavy atom. The average Bonchev–Trinajstić information content (AvgIpc) is 3.11. The van der Waals surface area contributed by atoms with E-state index in [1.165, 1.54) is 35.3 Å². The first-order valence-electron chi connectivity index (χ1n) is 7.19. The maximum Gasteiger partial charge on any atom is 0.224 e. The number of rotatable bonds is 5. The van der Waals surface area contributed by atoms with Crippen molar-refractivity contribution in [3.63, 3.8) is 0 Å². The molecular weight excluding hydrogens is 316 g/mol. The van der Waals surface area contributed by atoms with Crippen LogP contribution in [0, 0.1) is 11.6 Å². The number of carbonyl (C=O) groups is 1. The fourth-order valence-electron chi connectivity index (χ4n) is 2.19. The molecule has 0 radical (unpaired) electrons. The highest BCUT2D eigenvalue weighted by Crippen LogP contribution is 2.19. The molecule has 1 N–H and O–H groups in total. The van der Waals surface area contributed by atoms with E-state index in [0.717, 1.165) is 0 Å². The first-order valence-corrected chi connectivity index (χ1v) is 7.19. The molecule has 24 heavy (non-hydrogen) atoms. The third kappa shape index (κ3) is 3.60. The van der Waals surface area contributed by atoms with Crippen LogP contribution in [0.25, 0.3) is 5.69 Å². The maximum absolute atomic E-state index is 13.9. The second-order valence-electron chi connectivity index (χ2n) is 5.06. The predicted octanol–water partition coefficient (Wildman–Crippen LogP) is 2.51. The van der Waals surface area contributed by atoms with Crippen molar-refractivity contribution in [2.75, 3.05) is 5.32 Å². The van der Waals surface area contributed by atoms with Gasteiger partial charge in [0.05, 0.1) is 11.4 Å². The summed E-state index contributed by atoms with van der Waals surface area (Å²) >= 11 is 0. The zero-order valence-electron chi connectivity index (χ0n) is 12.5. The molecule has 0 aliphatic heterocycles. The van der Waals surface area contributed by atoms with Crippen molar-refractivity contribution in [2.45, 2.75) is 12.8 Å². The molecule has 1 amide bonds. The van der Waals surface area contributed by atoms with E-state index in [1.807, 2.05) is 0 Å². The molecule has 2 aromatic carbocycles. The summed E-state index contributed by atoms with van der Waals surface area (Å²) in [6.45, 7) is 0. The summed E-state index contributed by atoms with van der Waals surface area (Å²) in [7, 11) is 0. The Kier molecular flexibility index (Phi) is 4.55. The number of benzene rings is 2. The lowest BCUT2D eigenvalue weighted by Gasteiger charge is -2.09. The summed E-state index contributed by atoms with van der Waals surface area (Å²) in [4.78, 5) is 12.0. The van der Waals surface area contributed by atoms with E-state index >= 15 is 0 Å². The molecule has 0 unspecified atom stereocenters. The number of hydrogen-bond acceptors (Lipinski definition) is 4. The number of carbonyl (C=O) groups excluding carboxylic acids is 1. The standard InChI is InChI=1S/C16H13F2N5O/c17-13-4-2-1-3-11(13)5-8-16(24)20-15-9-12(6-7-14(15)18)23-10-19-21-22-23/h1-4,6-7,9-10H,5,8H2,(H,20,24). The van der Waals surface area contributed by atoms with Gasteiger partial charge >= 0.3 is 0 Å². The van der Waals surface area contributed by atoms with Crippen LogP contribution >= 0.6 is 0 Å². The summed E-state index contributed by atoms with van der Waals surface area (Å²) in [6, 6.07) is 10.4. The number of nitrogens with one attached hydrogen (secondary N) is 1. The Balaban J connectivity index is 1.68. The van der Waals surface area contributed by atoms with Gasteiger partial charge in [-0.25, -0.2) is 13.5 Å². The Hall–Kier alpha value is -3.16. The van der Waals surface area contributed by atoms with Gasteiger partial charge in [0.25, 0.3) is 0 Å². The van der Waals surface area contributed by atoms with Crippen molar-refractivity contribution in [1.29, 1.82) is 0 Å². The zero-order chi connectivity index (χ0) is 16.9. The number of tetrazole rings is 1. The number of anilines is 1. The number of aryl methyl sites for hydroxylation is 1. The van der Waals surface area contributed by atoms with Gasteiger partial charge in [-0.3, -0.25) is 4.79 Å². The molecule has 1 heterocycles. The number of aromatic nitrogens is 4. The Labute approximate surface area is 136 Å². The Morgan fingerprint density at radius 1 is 1.12 bits per heavy atom. The number of nitrogens with zero attached hydrogens (tertiary/aromatic N) is 4. The van der Waals surface area contributed by atoms with Crippen LogP contribution in [0.4, 0.5) is 14.5 Å². The summed E-state index contributed by atoms with van der Waals surface area (Å²) < 4.78 is 28.7. The topological polar surface area (TPSA) is 72.7 Å². The van der Waals surface area contributed by atoms with Crippen molar-refractivity contribution >= 4 is 11.6 Å². The minimum Gasteiger partial charge on any atom is -0.324 e. The SMILES string of the molecule is O=C(CCc1ccccc1F)Nc1cc(-n2cnnn2)ccc1F. The maximum atomic E-state index is 13.9. The van der Waals surface area contributed by atoms with Crippen LogP contribution in [0.3, 0.4) is 0 Å². The van der Waals surface area contributed by atoms with Gasteiger partial charge < -0.3 is 5.32 Å². The number of amides is 1. The second kappa shape index (κ2) is 6.95. The molecule has 1 aromatic heterocycles. The van der Waals surface area contributed by atoms with Crippen molar-refractivity contribution in [3.8, 4) is 5.69 Å². The summed E-state index contributed by atoms with van der Waals surface area (Å²) in [5.41, 5.74) is 0.961. The molecule has 122 valence electrons. The summed E-state index contributed by atoms with van der Waals surface area (Å²) in [5.74, 6) is -1.35. The normalized spacial score (nSPS) is 10.6. The highest BCUT2D eigenvalue weighted by atomic mass is 19.1. The van der Waals surface area contributed by atoms with Crippen molar-refractivity contribution < 1.29 is 13.6 Å². The molecule has 0 aliphatic rings. The summed E-state index contributed by atoms with van der Waals surface area (Å²) in [5, 5.41) is 13.2. The highest BCUT2D eigenvalue weighted by Gasteiger charge is 2.11. The highest BCUT2D eigenvalue weighted by molar-refractivity contribution is 5.91. The molecule has 6 nitrogen and oxygen atoms in total. The third-order valence-electron chi connectivity index (χ3n) is 3.42. The van der Waals surface area contributed by atoms with Crippen LogP contribution in [0.5, 0.6) is 0 Å². The van der Waals surface area contributed by atoms with E-state index < -0.39 is 11.7 Å². The van der Waals surface area contributed by atoms with Crippen LogP contribution in [-0.4, -0.2) is 26.1 Å². The van der Waals surface area contributed by atoms with Crippen LogP contribution in [0.15, 0.2) is 48.8 Å². The van der Waals surface area contributed by atoms with E-state index in [2.05, 4.69) is 20.8 Å². The molecule has 8 heteroatoms. The molecule has 0 bridgehead atoms. The zero-order valence-corrected chi connectivity index (χ0v) is 12.5. The predicted molar refractivity (Wildman–Crippen MR) is 82.5 cm³/mol. The smallest absolute Gasteiger partial charge is 0.224 e. The van der Waals surface area contributed by atoms with Gasteiger partial charge in [-0.1, -0.05) is 18.2 Å². The Bertz CT molecular complexity index is 851. The van der Waals surface area contributed by atoms with Gasteiger partial charge in [0, 0.05) is 6.42 Å². The number of hydrogen-bond donors (Lipinski definition) is 1. The van der Waals surface area contributed by atoms with E-state index in [4.69, 9.17) is 0 Å². The lowest BCUT2D eigenvalue weighted by molar-refractivity contribution is -0.116. The monoisotopic (exact) mass is 329 g/mol. The van der Waals surface area contributed by atoms with E-state index in [1.54, 1.807) is 18.2 Å². The van der Waals surface area contributed by atoms with Gasteiger partial charge in [-0.15, -0.1) is 5.10 Å². The van der Waals surface area contributed by atoms with Crippen molar-refractivity contribution in [3.05, 3.63) is 66.0 Å². The largest absolute Gasteiger partial charge is 0.324 e. The molecule has 0 spiro atoms. The van der Waals surface area contributed by atoms with E-state index in [0.29, 0.717) is 11.3 Å².